The molecule has 17 heteroatoms. The molecule has 0 saturated heterocycles. The molecular weight excluding hydrogens is 729 g/mol. The van der Waals surface area contributed by atoms with Gasteiger partial charge in [0.05, 0.1) is 13.2 Å². The summed E-state index contributed by atoms with van der Waals surface area (Å²) in [5.41, 5.74) is -11.5. The summed E-state index contributed by atoms with van der Waals surface area (Å²) in [4.78, 5) is 0. The van der Waals surface area contributed by atoms with Gasteiger partial charge in [0.2, 0.25) is 0 Å². The summed E-state index contributed by atoms with van der Waals surface area (Å²) < 4.78 is 173. The van der Waals surface area contributed by atoms with Gasteiger partial charge in [0.15, 0.2) is 0 Å². The van der Waals surface area contributed by atoms with Gasteiger partial charge < -0.3 is 10.2 Å². The van der Waals surface area contributed by atoms with Crippen LogP contribution in [0.2, 0.25) is 13.3 Å². The Labute approximate surface area is 250 Å². The minimum atomic E-state index is -6.11. The van der Waals surface area contributed by atoms with E-state index >= 15 is 0 Å². The van der Waals surface area contributed by atoms with E-state index in [9.17, 15) is 61.5 Å². The SMILES string of the molecule is CCC(=CC(F)(C(F)(F)F)C(F)(F)F)CO.CCC[CH2][SnH]([CH2]CCC)[CH2]CCC.OCC=CC(F)(C(F)(F)F)C(F)(F)F. The number of aliphatic hydroxyl groups is 2. The van der Waals surface area contributed by atoms with Crippen molar-refractivity contribution in [2.75, 3.05) is 13.2 Å². The van der Waals surface area contributed by atoms with Gasteiger partial charge in [0.1, 0.15) is 0 Å². The number of unbranched alkanes of at least 4 members (excludes halogenated alkanes) is 3. The molecule has 0 aromatic heterocycles. The molecule has 0 fully saturated rings. The molecule has 260 valence electrons. The molecule has 0 amide bonds. The third kappa shape index (κ3) is 16.9. The molecule has 0 spiro atoms. The van der Waals surface area contributed by atoms with Gasteiger partial charge in [-0.2, -0.15) is 52.7 Å². The summed E-state index contributed by atoms with van der Waals surface area (Å²) in [5.74, 6) is 0. The second-order valence-electron chi connectivity index (χ2n) is 9.61. The first-order valence-corrected chi connectivity index (χ1v) is 20.6. The number of halogens is 14. The van der Waals surface area contributed by atoms with Gasteiger partial charge in [-0.05, 0) is 24.1 Å². The van der Waals surface area contributed by atoms with Gasteiger partial charge in [-0.3, -0.25) is 0 Å². The molecule has 0 unspecified atom stereocenters. The smallest absolute Gasteiger partial charge is 0.392 e. The van der Waals surface area contributed by atoms with E-state index in [-0.39, 0.29) is 12.5 Å². The molecule has 0 atom stereocenters. The minimum absolute atomic E-state index is 0.0426. The number of hydrogen-bond acceptors (Lipinski definition) is 2. The van der Waals surface area contributed by atoms with E-state index in [1.54, 1.807) is 13.3 Å². The number of aliphatic hydroxyl groups excluding tert-OH is 2. The van der Waals surface area contributed by atoms with Gasteiger partial charge in [-0.15, -0.1) is 0 Å². The number of hydrogen-bond donors (Lipinski definition) is 2. The van der Waals surface area contributed by atoms with Crippen LogP contribution in [-0.4, -0.2) is 79.2 Å². The second kappa shape index (κ2) is 21.1. The van der Waals surface area contributed by atoms with Gasteiger partial charge in [0, 0.05) is 0 Å². The summed E-state index contributed by atoms with van der Waals surface area (Å²) in [7, 11) is 0. The Balaban J connectivity index is -0.000000562. The van der Waals surface area contributed by atoms with E-state index in [2.05, 4.69) is 20.8 Å². The van der Waals surface area contributed by atoms with E-state index in [0.29, 0.717) is 0 Å². The fourth-order valence-corrected chi connectivity index (χ4v) is 14.3. The fraction of sp³-hybridized carbons (Fsp3) is 0.846. The molecule has 0 aromatic carbocycles. The van der Waals surface area contributed by atoms with Crippen molar-refractivity contribution in [1.29, 1.82) is 0 Å². The molecule has 0 bridgehead atoms. The van der Waals surface area contributed by atoms with E-state index < -0.39 is 86.7 Å². The van der Waals surface area contributed by atoms with Crippen LogP contribution in [0.25, 0.3) is 0 Å². The van der Waals surface area contributed by atoms with E-state index in [1.165, 1.54) is 45.4 Å². The number of alkyl halides is 14. The zero-order chi connectivity index (χ0) is 34.8. The Kier molecular flexibility index (Phi) is 22.9. The molecule has 0 radical (unpaired) electrons. The summed E-state index contributed by atoms with van der Waals surface area (Å²) in [5, 5.41) is 16.4. The predicted molar refractivity (Wildman–Crippen MR) is 140 cm³/mol. The van der Waals surface area contributed by atoms with Crippen LogP contribution in [0, 0.1) is 0 Å². The molecule has 2 N–H and O–H groups in total. The van der Waals surface area contributed by atoms with E-state index in [0.717, 1.165) is 0 Å². The molecule has 0 aliphatic rings. The molecule has 0 aliphatic heterocycles. The van der Waals surface area contributed by atoms with Crippen LogP contribution in [0.3, 0.4) is 0 Å². The number of rotatable bonds is 14. The van der Waals surface area contributed by atoms with Crippen LogP contribution in [0.15, 0.2) is 23.8 Å². The van der Waals surface area contributed by atoms with Crippen molar-refractivity contribution in [1.82, 2.24) is 0 Å². The Morgan fingerprint density at radius 3 is 1.09 bits per heavy atom. The van der Waals surface area contributed by atoms with Crippen molar-refractivity contribution in [2.45, 2.75) is 122 Å². The van der Waals surface area contributed by atoms with Crippen LogP contribution >= 0.6 is 0 Å². The van der Waals surface area contributed by atoms with Crippen LogP contribution in [-0.2, 0) is 0 Å². The Morgan fingerprint density at radius 1 is 0.558 bits per heavy atom. The maximum atomic E-state index is 13.0. The third-order valence-electron chi connectivity index (χ3n) is 6.06. The first-order chi connectivity index (χ1) is 19.4. The molecule has 0 rings (SSSR count). The standard InChI is InChI=1S/C8H9F7O.C6H5F7O.3C4H9.Sn.H/c1-2-5(4-16)3-6(9,7(10,11)12)8(13,14)15;7-4(2-1-3-14,5(8,9)10)6(11,12)13;3*1-3-4-2;;/h3,16H,2,4H2,1H3;1-2,14H,3H2;3*1,3-4H2,2H3;;. The maximum absolute atomic E-state index is 13.0. The molecule has 2 nitrogen and oxygen atoms in total. The first-order valence-electron chi connectivity index (χ1n) is 13.6. The molecule has 43 heavy (non-hydrogen) atoms. The fourth-order valence-electron chi connectivity index (χ4n) is 3.34. The predicted octanol–water partition coefficient (Wildman–Crippen LogP) is 10.1. The Hall–Kier alpha value is -0.781. The molecular formula is C26H42F14O2Sn. The van der Waals surface area contributed by atoms with Gasteiger partial charge in [-0.25, -0.2) is 8.78 Å². The summed E-state index contributed by atoms with van der Waals surface area (Å²) in [6.45, 7) is 6.04. The van der Waals surface area contributed by atoms with Crippen molar-refractivity contribution >= 4 is 19.8 Å². The van der Waals surface area contributed by atoms with Gasteiger partial charge in [0.25, 0.3) is 0 Å². The summed E-state index contributed by atoms with van der Waals surface area (Å²) in [6.07, 6.45) is -17.2. The molecule has 0 aromatic rings. The topological polar surface area (TPSA) is 40.5 Å². The van der Waals surface area contributed by atoms with Gasteiger partial charge >= 0.3 is 128 Å². The molecule has 0 heterocycles. The quantitative estimate of drug-likeness (QED) is 0.105. The number of allylic oxidation sites excluding steroid dienone is 2. The Morgan fingerprint density at radius 2 is 0.884 bits per heavy atom. The monoisotopic (exact) mass is 772 g/mol. The summed E-state index contributed by atoms with van der Waals surface area (Å²) >= 11 is -0.967. The van der Waals surface area contributed by atoms with Gasteiger partial charge in [-0.1, -0.05) is 13.0 Å². The Bertz CT molecular complexity index is 719. The van der Waals surface area contributed by atoms with Crippen molar-refractivity contribution in [2.24, 2.45) is 0 Å². The molecule has 0 saturated carbocycles. The molecule has 0 aliphatic carbocycles. The zero-order valence-electron chi connectivity index (χ0n) is 24.5. The van der Waals surface area contributed by atoms with Crippen molar-refractivity contribution in [3.63, 3.8) is 0 Å². The van der Waals surface area contributed by atoms with Crippen LogP contribution in [0.5, 0.6) is 0 Å². The zero-order valence-corrected chi connectivity index (χ0v) is 27.8. The average Bonchev–Trinajstić information content (AvgIpc) is 2.87. The van der Waals surface area contributed by atoms with Crippen molar-refractivity contribution < 1.29 is 71.7 Å². The third-order valence-corrected chi connectivity index (χ3v) is 16.5. The average molecular weight is 771 g/mol. The second-order valence-corrected chi connectivity index (χ2v) is 19.5. The largest absolute Gasteiger partial charge is 0.435 e. The summed E-state index contributed by atoms with van der Waals surface area (Å²) in [6, 6.07) is 0. The van der Waals surface area contributed by atoms with Crippen LogP contribution < -0.4 is 0 Å². The van der Waals surface area contributed by atoms with Crippen LogP contribution in [0.1, 0.15) is 72.6 Å². The first kappa shape index (κ1) is 46.6. The van der Waals surface area contributed by atoms with E-state index in [4.69, 9.17) is 10.2 Å². The normalized spacial score (nSPS) is 14.0. The maximum Gasteiger partial charge on any atom is 0.435 e. The minimum Gasteiger partial charge on any atom is -0.392 e. The van der Waals surface area contributed by atoms with Crippen molar-refractivity contribution in [3.05, 3.63) is 23.8 Å². The van der Waals surface area contributed by atoms with Crippen LogP contribution in [0.4, 0.5) is 61.5 Å². The van der Waals surface area contributed by atoms with Crippen molar-refractivity contribution in [3.8, 4) is 0 Å². The van der Waals surface area contributed by atoms with E-state index in [1.807, 2.05) is 0 Å².